The maximum atomic E-state index is 10.6. The van der Waals surface area contributed by atoms with E-state index < -0.39 is 21.3 Å². The van der Waals surface area contributed by atoms with Gasteiger partial charge in [-0.15, -0.1) is 0 Å². The van der Waals surface area contributed by atoms with Crippen LogP contribution in [0.4, 0.5) is 0 Å². The molecule has 5 nitrogen and oxygen atoms in total. The average Bonchev–Trinajstić information content (AvgIpc) is 2.02. The summed E-state index contributed by atoms with van der Waals surface area (Å²) in [5, 5.41) is 8.32. The first kappa shape index (κ1) is 19.0. The molecule has 0 aliphatic rings. The Morgan fingerprint density at radius 2 is 1.56 bits per heavy atom. The molecule has 1 aromatic carbocycles. The molecule has 0 fully saturated rings. The van der Waals surface area contributed by atoms with Gasteiger partial charge >= 0.3 is 59.1 Å². The summed E-state index contributed by atoms with van der Waals surface area (Å²) in [5.41, 5.74) is -0.0949. The smallest absolute Gasteiger partial charge is 0.747 e. The predicted molar refractivity (Wildman–Crippen MR) is 43.9 cm³/mol. The van der Waals surface area contributed by atoms with Crippen molar-refractivity contribution in [2.75, 3.05) is 0 Å². The van der Waals surface area contributed by atoms with Crippen LogP contribution in [0, 0.1) is 0 Å². The molecule has 0 N–H and O–H groups in total. The quantitative estimate of drug-likeness (QED) is 0.397. The Bertz CT molecular complexity index is 431. The first-order chi connectivity index (χ1) is 6.43. The molecule has 0 saturated heterocycles. The van der Waals surface area contributed by atoms with Crippen molar-refractivity contribution in [1.29, 1.82) is 0 Å². The van der Waals surface area contributed by atoms with Crippen molar-refractivity contribution >= 4 is 16.1 Å². The molecule has 0 spiro atoms. The van der Waals surface area contributed by atoms with Crippen LogP contribution in [-0.2, 0) is 14.9 Å². The Morgan fingerprint density at radius 1 is 1.12 bits per heavy atom. The van der Waals surface area contributed by atoms with Gasteiger partial charge in [0.1, 0.15) is 15.4 Å². The van der Waals surface area contributed by atoms with Crippen molar-refractivity contribution < 1.29 is 82.0 Å². The monoisotopic (exact) mass is 260 g/mol. The van der Waals surface area contributed by atoms with Gasteiger partial charge in [-0.25, -0.2) is 8.42 Å². The van der Waals surface area contributed by atoms with Gasteiger partial charge in [0.2, 0.25) is 0 Å². The van der Waals surface area contributed by atoms with Crippen LogP contribution in [0.25, 0.3) is 0 Å². The second kappa shape index (κ2) is 7.84. The first-order valence-electron chi connectivity index (χ1n) is 3.63. The van der Waals surface area contributed by atoms with Crippen LogP contribution in [0.15, 0.2) is 30.3 Å². The number of hydrogen-bond acceptors (Lipinski definition) is 5. The Kier molecular flexibility index (Phi) is 9.28. The van der Waals surface area contributed by atoms with Gasteiger partial charge in [-0.3, -0.25) is 0 Å². The molecule has 0 aromatic heterocycles. The van der Waals surface area contributed by atoms with Gasteiger partial charge in [0.25, 0.3) is 0 Å². The fraction of sp³-hybridized carbons (Fsp3) is 0.125. The number of carbonyl (C=O) groups is 1. The Hall–Kier alpha value is 0.600. The summed E-state index contributed by atoms with van der Waals surface area (Å²) in [6.45, 7) is 0. The van der Waals surface area contributed by atoms with Gasteiger partial charge in [-0.05, 0) is 5.56 Å². The van der Waals surface area contributed by atoms with Gasteiger partial charge < -0.3 is 14.5 Å². The maximum absolute atomic E-state index is 10.6. The van der Waals surface area contributed by atoms with Crippen molar-refractivity contribution in [3.8, 4) is 0 Å². The Balaban J connectivity index is 0. The first-order valence-corrected chi connectivity index (χ1v) is 5.10. The number of carbonyl (C=O) groups excluding carboxylic acids is 1. The van der Waals surface area contributed by atoms with Gasteiger partial charge in [0.05, 0.1) is 5.97 Å². The Labute approximate surface area is 138 Å². The molecule has 1 atom stereocenters. The molecule has 0 bridgehead atoms. The van der Waals surface area contributed by atoms with E-state index in [2.05, 4.69) is 0 Å². The van der Waals surface area contributed by atoms with Crippen molar-refractivity contribution in [2.45, 2.75) is 5.25 Å². The van der Waals surface area contributed by atoms with Crippen LogP contribution in [0.5, 0.6) is 0 Å². The number of aliphatic carboxylic acids is 1. The van der Waals surface area contributed by atoms with E-state index in [1.807, 2.05) is 0 Å². The summed E-state index contributed by atoms with van der Waals surface area (Å²) >= 11 is 0. The minimum atomic E-state index is -4.93. The van der Waals surface area contributed by atoms with E-state index in [9.17, 15) is 22.9 Å². The molecule has 0 aliphatic carbocycles. The zero-order valence-corrected chi connectivity index (χ0v) is 13.7. The van der Waals surface area contributed by atoms with Gasteiger partial charge in [-0.1, -0.05) is 30.3 Å². The number of carboxylic acid groups (broad SMARTS) is 1. The number of rotatable bonds is 3. The van der Waals surface area contributed by atoms with Gasteiger partial charge in [-0.2, -0.15) is 0 Å². The number of carboxylic acids is 1. The van der Waals surface area contributed by atoms with Crippen LogP contribution in [-0.4, -0.2) is 18.9 Å². The number of benzene rings is 1. The summed E-state index contributed by atoms with van der Waals surface area (Å²) < 4.78 is 31.8. The largest absolute Gasteiger partial charge is 1.00 e. The topological polar surface area (TPSA) is 97.3 Å². The second-order valence-electron chi connectivity index (χ2n) is 2.60. The Morgan fingerprint density at radius 3 is 1.88 bits per heavy atom. The second-order valence-corrected chi connectivity index (χ2v) is 4.06. The molecule has 0 radical (unpaired) electrons. The van der Waals surface area contributed by atoms with Crippen molar-refractivity contribution in [3.05, 3.63) is 35.9 Å². The third-order valence-corrected chi connectivity index (χ3v) is 2.65. The molecule has 0 unspecified atom stereocenters. The fourth-order valence-electron chi connectivity index (χ4n) is 1.05. The zero-order chi connectivity index (χ0) is 10.8. The summed E-state index contributed by atoms with van der Waals surface area (Å²) in [4.78, 5) is 10.5. The van der Waals surface area contributed by atoms with E-state index in [1.54, 1.807) is 6.07 Å². The molecule has 0 saturated carbocycles. The molecule has 0 aliphatic heterocycles. The van der Waals surface area contributed by atoms with Crippen LogP contribution >= 0.6 is 0 Å². The molecular formula is C8H6Na2O5S. The van der Waals surface area contributed by atoms with Crippen molar-refractivity contribution in [1.82, 2.24) is 0 Å². The minimum absolute atomic E-state index is 0. The standard InChI is InChI=1S/C8H8O5S.2Na/c9-8(10)7(14(11,12)13)6-4-2-1-3-5-6;;/h1-5,7H,(H,9,10)(H,11,12,13);;/q;2*+1/p-2/t7-;;/m1../s1. The van der Waals surface area contributed by atoms with Crippen LogP contribution < -0.4 is 64.2 Å². The zero-order valence-electron chi connectivity index (χ0n) is 8.91. The third-order valence-electron chi connectivity index (χ3n) is 1.61. The summed E-state index contributed by atoms with van der Waals surface area (Å²) in [5.74, 6) is -1.91. The van der Waals surface area contributed by atoms with E-state index >= 15 is 0 Å². The normalized spacial score (nSPS) is 11.8. The van der Waals surface area contributed by atoms with Crippen molar-refractivity contribution in [3.63, 3.8) is 0 Å². The summed E-state index contributed by atoms with van der Waals surface area (Å²) in [7, 11) is -4.93. The van der Waals surface area contributed by atoms with E-state index in [4.69, 9.17) is 0 Å². The van der Waals surface area contributed by atoms with E-state index in [1.165, 1.54) is 24.3 Å². The van der Waals surface area contributed by atoms with E-state index in [0.29, 0.717) is 0 Å². The molecule has 0 heterocycles. The molecule has 1 aromatic rings. The van der Waals surface area contributed by atoms with Crippen LogP contribution in [0.1, 0.15) is 10.8 Å². The predicted octanol–water partition coefficient (Wildman–Crippen LogP) is -6.97. The van der Waals surface area contributed by atoms with E-state index in [0.717, 1.165) is 0 Å². The molecule has 8 heteroatoms. The van der Waals surface area contributed by atoms with Crippen LogP contribution in [0.3, 0.4) is 0 Å². The van der Waals surface area contributed by atoms with Crippen molar-refractivity contribution in [2.24, 2.45) is 0 Å². The molecule has 16 heavy (non-hydrogen) atoms. The molecule has 76 valence electrons. The maximum Gasteiger partial charge on any atom is 1.00 e. The number of hydrogen-bond donors (Lipinski definition) is 0. The van der Waals surface area contributed by atoms with Crippen LogP contribution in [0.2, 0.25) is 0 Å². The summed E-state index contributed by atoms with van der Waals surface area (Å²) in [6, 6.07) is 6.95. The molecular weight excluding hydrogens is 254 g/mol. The minimum Gasteiger partial charge on any atom is -0.747 e. The van der Waals surface area contributed by atoms with Gasteiger partial charge in [0.15, 0.2) is 0 Å². The fourth-order valence-corrected chi connectivity index (χ4v) is 1.77. The SMILES string of the molecule is O=C([O-])[C@@H](c1ccccc1)S(=O)(=O)[O-].[Na+].[Na+]. The van der Waals surface area contributed by atoms with Gasteiger partial charge in [0, 0.05) is 0 Å². The molecule has 0 amide bonds. The van der Waals surface area contributed by atoms with E-state index in [-0.39, 0.29) is 64.7 Å². The molecule has 1 rings (SSSR count). The average molecular weight is 260 g/mol. The third kappa shape index (κ3) is 5.29. The summed E-state index contributed by atoms with van der Waals surface area (Å²) in [6.07, 6.45) is 0.